The van der Waals surface area contributed by atoms with Crippen LogP contribution in [0.1, 0.15) is 52.4 Å². The molecule has 0 amide bonds. The number of esters is 1. The maximum Gasteiger partial charge on any atom is 0.323 e. The number of aliphatic hydroxyl groups is 1. The minimum Gasteiger partial charge on any atom is -0.465 e. The summed E-state index contributed by atoms with van der Waals surface area (Å²) >= 11 is 0. The molecule has 1 fully saturated rings. The summed E-state index contributed by atoms with van der Waals surface area (Å²) in [7, 11) is 0. The van der Waals surface area contributed by atoms with Crippen molar-refractivity contribution in [2.45, 2.75) is 64.5 Å². The van der Waals surface area contributed by atoms with Crippen LogP contribution < -0.4 is 5.32 Å². The molecule has 0 heterocycles. The molecular weight excluding hydrogens is 230 g/mol. The summed E-state index contributed by atoms with van der Waals surface area (Å²) in [5.41, 5.74) is 0. The van der Waals surface area contributed by atoms with Crippen molar-refractivity contribution in [2.75, 3.05) is 13.2 Å². The minimum absolute atomic E-state index is 0.162. The van der Waals surface area contributed by atoms with E-state index < -0.39 is 0 Å². The van der Waals surface area contributed by atoms with E-state index in [1.54, 1.807) is 0 Å². The first-order valence-corrected chi connectivity index (χ1v) is 7.27. The van der Waals surface area contributed by atoms with Crippen LogP contribution in [-0.2, 0) is 9.53 Å². The number of ether oxygens (including phenoxy) is 1. The van der Waals surface area contributed by atoms with Crippen LogP contribution in [0, 0.1) is 5.92 Å². The van der Waals surface area contributed by atoms with E-state index in [1.807, 2.05) is 6.92 Å². The predicted octanol–water partition coefficient (Wildman–Crippen LogP) is 1.86. The molecule has 0 aromatic heterocycles. The SMILES string of the molecule is CCCC(NCC1CCCCC1O)C(=O)OCC. The van der Waals surface area contributed by atoms with Gasteiger partial charge in [0.15, 0.2) is 0 Å². The van der Waals surface area contributed by atoms with Crippen LogP contribution in [0.5, 0.6) is 0 Å². The highest BCUT2D eigenvalue weighted by Crippen LogP contribution is 2.23. The van der Waals surface area contributed by atoms with Crippen molar-refractivity contribution in [1.29, 1.82) is 0 Å². The lowest BCUT2D eigenvalue weighted by atomic mass is 9.86. The molecule has 4 nitrogen and oxygen atoms in total. The monoisotopic (exact) mass is 257 g/mol. The Kier molecular flexibility index (Phi) is 7.28. The van der Waals surface area contributed by atoms with Crippen molar-refractivity contribution in [3.8, 4) is 0 Å². The highest BCUT2D eigenvalue weighted by molar-refractivity contribution is 5.75. The van der Waals surface area contributed by atoms with Gasteiger partial charge in [-0.05, 0) is 32.1 Å². The van der Waals surface area contributed by atoms with Gasteiger partial charge in [-0.1, -0.05) is 26.2 Å². The summed E-state index contributed by atoms with van der Waals surface area (Å²) in [5.74, 6) is 0.122. The zero-order valence-electron chi connectivity index (χ0n) is 11.7. The second-order valence-electron chi connectivity index (χ2n) is 5.11. The second kappa shape index (κ2) is 8.48. The fourth-order valence-corrected chi connectivity index (χ4v) is 2.55. The Bertz CT molecular complexity index is 245. The fourth-order valence-electron chi connectivity index (χ4n) is 2.55. The number of hydrogen-bond donors (Lipinski definition) is 2. The summed E-state index contributed by atoms with van der Waals surface area (Å²) in [5, 5.41) is 13.2. The molecular formula is C14H27NO3. The first-order chi connectivity index (χ1) is 8.69. The van der Waals surface area contributed by atoms with Crippen molar-refractivity contribution in [2.24, 2.45) is 5.92 Å². The third kappa shape index (κ3) is 4.94. The maximum absolute atomic E-state index is 11.7. The fraction of sp³-hybridized carbons (Fsp3) is 0.929. The van der Waals surface area contributed by atoms with Crippen LogP contribution in [-0.4, -0.2) is 36.4 Å². The van der Waals surface area contributed by atoms with E-state index in [2.05, 4.69) is 12.2 Å². The van der Waals surface area contributed by atoms with Gasteiger partial charge in [-0.2, -0.15) is 0 Å². The highest BCUT2D eigenvalue weighted by Gasteiger charge is 2.25. The second-order valence-corrected chi connectivity index (χ2v) is 5.11. The maximum atomic E-state index is 11.7. The van der Waals surface area contributed by atoms with Crippen LogP contribution in [0.2, 0.25) is 0 Å². The molecule has 2 N–H and O–H groups in total. The van der Waals surface area contributed by atoms with Gasteiger partial charge in [-0.3, -0.25) is 4.79 Å². The molecule has 106 valence electrons. The third-order valence-corrected chi connectivity index (χ3v) is 3.64. The van der Waals surface area contributed by atoms with E-state index in [4.69, 9.17) is 4.74 Å². The lowest BCUT2D eigenvalue weighted by molar-refractivity contribution is -0.146. The molecule has 0 spiro atoms. The summed E-state index contributed by atoms with van der Waals surface area (Å²) in [6.07, 6.45) is 5.77. The summed E-state index contributed by atoms with van der Waals surface area (Å²) < 4.78 is 5.06. The van der Waals surface area contributed by atoms with Crippen LogP contribution >= 0.6 is 0 Å². The van der Waals surface area contributed by atoms with E-state index in [9.17, 15) is 9.90 Å². The van der Waals surface area contributed by atoms with Gasteiger partial charge in [0.05, 0.1) is 12.7 Å². The highest BCUT2D eigenvalue weighted by atomic mass is 16.5. The Morgan fingerprint density at radius 1 is 1.39 bits per heavy atom. The molecule has 18 heavy (non-hydrogen) atoms. The standard InChI is InChI=1S/C14H27NO3/c1-3-7-12(14(17)18-4-2)15-10-11-8-5-6-9-13(11)16/h11-13,15-16H,3-10H2,1-2H3. The van der Waals surface area contributed by atoms with Crippen LogP contribution in [0.3, 0.4) is 0 Å². The van der Waals surface area contributed by atoms with Crippen molar-refractivity contribution in [3.63, 3.8) is 0 Å². The van der Waals surface area contributed by atoms with Crippen molar-refractivity contribution < 1.29 is 14.6 Å². The smallest absolute Gasteiger partial charge is 0.323 e. The number of carbonyl (C=O) groups excluding carboxylic acids is 1. The summed E-state index contributed by atoms with van der Waals surface area (Å²) in [4.78, 5) is 11.7. The Hall–Kier alpha value is -0.610. The molecule has 0 bridgehead atoms. The normalized spacial score (nSPS) is 25.7. The summed E-state index contributed by atoms with van der Waals surface area (Å²) in [6.45, 7) is 5.02. The Morgan fingerprint density at radius 2 is 2.11 bits per heavy atom. The van der Waals surface area contributed by atoms with Crippen molar-refractivity contribution in [1.82, 2.24) is 5.32 Å². The molecule has 1 rings (SSSR count). The largest absolute Gasteiger partial charge is 0.465 e. The average molecular weight is 257 g/mol. The molecule has 0 radical (unpaired) electrons. The molecule has 3 atom stereocenters. The topological polar surface area (TPSA) is 58.6 Å². The average Bonchev–Trinajstić information content (AvgIpc) is 2.36. The van der Waals surface area contributed by atoms with Gasteiger partial charge in [0.2, 0.25) is 0 Å². The number of aliphatic hydroxyl groups excluding tert-OH is 1. The minimum atomic E-state index is -0.218. The molecule has 1 aliphatic carbocycles. The van der Waals surface area contributed by atoms with Gasteiger partial charge in [-0.15, -0.1) is 0 Å². The van der Waals surface area contributed by atoms with Gasteiger partial charge < -0.3 is 15.2 Å². The molecule has 3 unspecified atom stereocenters. The summed E-state index contributed by atoms with van der Waals surface area (Å²) in [6, 6.07) is -0.218. The van der Waals surface area contributed by atoms with E-state index in [1.165, 1.54) is 6.42 Å². The number of hydrogen-bond acceptors (Lipinski definition) is 4. The molecule has 0 saturated heterocycles. The Morgan fingerprint density at radius 3 is 2.72 bits per heavy atom. The quantitative estimate of drug-likeness (QED) is 0.683. The first-order valence-electron chi connectivity index (χ1n) is 7.27. The van der Waals surface area contributed by atoms with Crippen molar-refractivity contribution in [3.05, 3.63) is 0 Å². The van der Waals surface area contributed by atoms with Crippen LogP contribution in [0.25, 0.3) is 0 Å². The van der Waals surface area contributed by atoms with E-state index in [0.29, 0.717) is 13.2 Å². The third-order valence-electron chi connectivity index (χ3n) is 3.64. The first kappa shape index (κ1) is 15.4. The van der Waals surface area contributed by atoms with E-state index in [0.717, 1.165) is 32.1 Å². The molecule has 0 aromatic rings. The number of carbonyl (C=O) groups is 1. The van der Waals surface area contributed by atoms with Gasteiger partial charge in [-0.25, -0.2) is 0 Å². The van der Waals surface area contributed by atoms with E-state index >= 15 is 0 Å². The van der Waals surface area contributed by atoms with Crippen LogP contribution in [0.15, 0.2) is 0 Å². The predicted molar refractivity (Wildman–Crippen MR) is 71.3 cm³/mol. The molecule has 0 aliphatic heterocycles. The molecule has 1 aliphatic rings. The van der Waals surface area contributed by atoms with Crippen molar-refractivity contribution >= 4 is 5.97 Å². The number of rotatable bonds is 7. The lowest BCUT2D eigenvalue weighted by Gasteiger charge is -2.29. The Labute approximate surface area is 110 Å². The van der Waals surface area contributed by atoms with Gasteiger partial charge in [0, 0.05) is 6.54 Å². The molecule has 0 aromatic carbocycles. The van der Waals surface area contributed by atoms with Gasteiger partial charge in [0.1, 0.15) is 6.04 Å². The Balaban J connectivity index is 2.38. The zero-order valence-corrected chi connectivity index (χ0v) is 11.7. The lowest BCUT2D eigenvalue weighted by Crippen LogP contribution is -2.43. The molecule has 4 heteroatoms. The van der Waals surface area contributed by atoms with Gasteiger partial charge >= 0.3 is 5.97 Å². The molecule has 1 saturated carbocycles. The number of nitrogens with one attached hydrogen (secondary N) is 1. The van der Waals surface area contributed by atoms with E-state index in [-0.39, 0.29) is 24.0 Å². The van der Waals surface area contributed by atoms with Crippen LogP contribution in [0.4, 0.5) is 0 Å². The van der Waals surface area contributed by atoms with Gasteiger partial charge in [0.25, 0.3) is 0 Å². The zero-order chi connectivity index (χ0) is 13.4.